The summed E-state index contributed by atoms with van der Waals surface area (Å²) in [6, 6.07) is 15.2. The Kier molecular flexibility index (Phi) is 2.98. The van der Waals surface area contributed by atoms with Gasteiger partial charge in [-0.15, -0.1) is 0 Å². The van der Waals surface area contributed by atoms with E-state index in [9.17, 15) is 0 Å². The van der Waals surface area contributed by atoms with Crippen LogP contribution in [0.5, 0.6) is 5.75 Å². The van der Waals surface area contributed by atoms with Gasteiger partial charge in [0, 0.05) is 0 Å². The number of anilines is 1. The van der Waals surface area contributed by atoms with E-state index in [0.29, 0.717) is 5.75 Å². The SMILES string of the molecule is Nc1ccccc1[As]c1ccc(O)cc1. The first kappa shape index (κ1) is 10.1. The topological polar surface area (TPSA) is 46.2 Å². The Bertz CT molecular complexity index is 453. The molecule has 2 aromatic rings. The van der Waals surface area contributed by atoms with Gasteiger partial charge in [-0.25, -0.2) is 0 Å². The molecule has 3 heteroatoms. The Morgan fingerprint density at radius 2 is 1.60 bits per heavy atom. The van der Waals surface area contributed by atoms with Gasteiger partial charge in [-0.1, -0.05) is 0 Å². The Morgan fingerprint density at radius 3 is 2.27 bits per heavy atom. The van der Waals surface area contributed by atoms with E-state index >= 15 is 0 Å². The Balaban J connectivity index is 2.22. The minimum absolute atomic E-state index is 0.0882. The van der Waals surface area contributed by atoms with E-state index in [4.69, 9.17) is 10.8 Å². The molecule has 0 saturated carbocycles. The summed E-state index contributed by atoms with van der Waals surface area (Å²) in [5.41, 5.74) is 6.72. The summed E-state index contributed by atoms with van der Waals surface area (Å²) in [7, 11) is 0. The Morgan fingerprint density at radius 1 is 0.933 bits per heavy atom. The van der Waals surface area contributed by atoms with Crippen LogP contribution in [0, 0.1) is 0 Å². The molecule has 0 amide bonds. The van der Waals surface area contributed by atoms with Gasteiger partial charge in [0.05, 0.1) is 0 Å². The van der Waals surface area contributed by atoms with Crippen LogP contribution < -0.4 is 14.4 Å². The molecule has 75 valence electrons. The Labute approximate surface area is 95.4 Å². The third kappa shape index (κ3) is 2.54. The number of phenolic OH excluding ortho intramolecular Hbond substituents is 1. The van der Waals surface area contributed by atoms with Gasteiger partial charge in [-0.2, -0.15) is 0 Å². The standard InChI is InChI=1S/C12H11AsNO/c14-12-4-2-1-3-11(12)13-9-5-7-10(15)8-6-9/h1-8,15H,14H2. The summed E-state index contributed by atoms with van der Waals surface area (Å²) in [6.45, 7) is 0. The summed E-state index contributed by atoms with van der Waals surface area (Å²) in [6.07, 6.45) is 0. The van der Waals surface area contributed by atoms with Crippen LogP contribution in [0.3, 0.4) is 0 Å². The van der Waals surface area contributed by atoms with Crippen LogP contribution in [-0.2, 0) is 0 Å². The van der Waals surface area contributed by atoms with Crippen LogP contribution in [0.4, 0.5) is 5.69 Å². The predicted molar refractivity (Wildman–Crippen MR) is 64.0 cm³/mol. The number of hydrogen-bond acceptors (Lipinski definition) is 2. The first-order chi connectivity index (χ1) is 7.25. The van der Waals surface area contributed by atoms with Crippen molar-refractivity contribution in [2.75, 3.05) is 5.73 Å². The third-order valence-corrected chi connectivity index (χ3v) is 4.56. The zero-order valence-electron chi connectivity index (χ0n) is 8.09. The number of nitrogens with two attached hydrogens (primary N) is 1. The normalized spacial score (nSPS) is 10.9. The fourth-order valence-electron chi connectivity index (χ4n) is 1.26. The van der Waals surface area contributed by atoms with Crippen molar-refractivity contribution in [3.8, 4) is 5.75 Å². The molecule has 0 fully saturated rings. The molecule has 3 N–H and O–H groups in total. The van der Waals surface area contributed by atoms with E-state index in [0.717, 1.165) is 5.69 Å². The first-order valence-corrected chi connectivity index (χ1v) is 6.48. The fourth-order valence-corrected chi connectivity index (χ4v) is 3.23. The molecule has 0 aliphatic rings. The quantitative estimate of drug-likeness (QED) is 0.614. The summed E-state index contributed by atoms with van der Waals surface area (Å²) in [4.78, 5) is 0. The Hall–Kier alpha value is -1.40. The van der Waals surface area contributed by atoms with E-state index in [1.54, 1.807) is 12.1 Å². The van der Waals surface area contributed by atoms with E-state index < -0.39 is 0 Å². The molecule has 0 aromatic heterocycles. The van der Waals surface area contributed by atoms with Crippen LogP contribution >= 0.6 is 0 Å². The number of aromatic hydroxyl groups is 1. The van der Waals surface area contributed by atoms with Crippen molar-refractivity contribution in [1.82, 2.24) is 0 Å². The van der Waals surface area contributed by atoms with Crippen molar-refractivity contribution in [2.24, 2.45) is 0 Å². The predicted octanol–water partition coefficient (Wildman–Crippen LogP) is 0.629. The number of benzene rings is 2. The maximum absolute atomic E-state index is 9.16. The molecule has 0 saturated heterocycles. The molecular formula is C12H11AsNO. The van der Waals surface area contributed by atoms with Crippen molar-refractivity contribution in [3.63, 3.8) is 0 Å². The van der Waals surface area contributed by atoms with Crippen LogP contribution in [0.2, 0.25) is 0 Å². The van der Waals surface area contributed by atoms with Gasteiger partial charge in [0.15, 0.2) is 0 Å². The third-order valence-electron chi connectivity index (χ3n) is 2.04. The number of rotatable bonds is 2. The number of phenols is 1. The van der Waals surface area contributed by atoms with E-state index in [2.05, 4.69) is 6.07 Å². The molecule has 0 aliphatic carbocycles. The van der Waals surface area contributed by atoms with Gasteiger partial charge in [0.1, 0.15) is 0 Å². The molecule has 0 spiro atoms. The zero-order valence-corrected chi connectivity index (χ0v) is 9.97. The summed E-state index contributed by atoms with van der Waals surface area (Å²) < 4.78 is 2.45. The average molecular weight is 260 g/mol. The second-order valence-corrected chi connectivity index (χ2v) is 5.75. The monoisotopic (exact) mass is 260 g/mol. The summed E-state index contributed by atoms with van der Waals surface area (Å²) in [5.74, 6) is 0.306. The average Bonchev–Trinajstić information content (AvgIpc) is 2.25. The number of nitrogen functional groups attached to an aromatic ring is 1. The van der Waals surface area contributed by atoms with Gasteiger partial charge >= 0.3 is 95.3 Å². The van der Waals surface area contributed by atoms with E-state index in [-0.39, 0.29) is 15.8 Å². The molecule has 0 bridgehead atoms. The van der Waals surface area contributed by atoms with Crippen LogP contribution in [0.1, 0.15) is 0 Å². The van der Waals surface area contributed by atoms with Crippen molar-refractivity contribution in [2.45, 2.75) is 0 Å². The minimum atomic E-state index is -0.0882. The van der Waals surface area contributed by atoms with Gasteiger partial charge in [-0.3, -0.25) is 0 Å². The molecule has 2 aromatic carbocycles. The molecule has 0 atom stereocenters. The molecule has 15 heavy (non-hydrogen) atoms. The van der Waals surface area contributed by atoms with Crippen molar-refractivity contribution >= 4 is 30.1 Å². The van der Waals surface area contributed by atoms with Crippen molar-refractivity contribution in [1.29, 1.82) is 0 Å². The van der Waals surface area contributed by atoms with Gasteiger partial charge in [-0.05, 0) is 0 Å². The molecule has 0 aliphatic heterocycles. The molecule has 1 radical (unpaired) electrons. The maximum atomic E-state index is 9.16. The molecule has 2 nitrogen and oxygen atoms in total. The molecule has 2 rings (SSSR count). The molecule has 0 unspecified atom stereocenters. The van der Waals surface area contributed by atoms with Crippen LogP contribution in [-0.4, -0.2) is 20.9 Å². The van der Waals surface area contributed by atoms with Gasteiger partial charge < -0.3 is 0 Å². The first-order valence-electron chi connectivity index (χ1n) is 4.61. The van der Waals surface area contributed by atoms with Crippen LogP contribution in [0.15, 0.2) is 48.5 Å². The summed E-state index contributed by atoms with van der Waals surface area (Å²) in [5, 5.41) is 9.16. The number of hydrogen-bond donors (Lipinski definition) is 2. The van der Waals surface area contributed by atoms with Crippen molar-refractivity contribution in [3.05, 3.63) is 48.5 Å². The fraction of sp³-hybridized carbons (Fsp3) is 0. The van der Waals surface area contributed by atoms with Crippen molar-refractivity contribution < 1.29 is 5.11 Å². The molecular weight excluding hydrogens is 249 g/mol. The van der Waals surface area contributed by atoms with E-state index in [1.807, 2.05) is 30.3 Å². The second kappa shape index (κ2) is 4.41. The summed E-state index contributed by atoms with van der Waals surface area (Å²) >= 11 is -0.0882. The van der Waals surface area contributed by atoms with Gasteiger partial charge in [0.2, 0.25) is 0 Å². The van der Waals surface area contributed by atoms with Crippen LogP contribution in [0.25, 0.3) is 0 Å². The second-order valence-electron chi connectivity index (χ2n) is 3.19. The molecule has 0 heterocycles. The zero-order chi connectivity index (χ0) is 10.7. The van der Waals surface area contributed by atoms with E-state index in [1.165, 1.54) is 8.70 Å². The number of para-hydroxylation sites is 1. The van der Waals surface area contributed by atoms with Gasteiger partial charge in [0.25, 0.3) is 0 Å².